The van der Waals surface area contributed by atoms with Gasteiger partial charge in [0.15, 0.2) is 0 Å². The van der Waals surface area contributed by atoms with Gasteiger partial charge >= 0.3 is 0 Å². The van der Waals surface area contributed by atoms with Crippen molar-refractivity contribution in [2.45, 2.75) is 26.3 Å². The third-order valence-electron chi connectivity index (χ3n) is 3.17. The second kappa shape index (κ2) is 5.68. The Hall–Kier alpha value is -1.12. The maximum Gasteiger partial charge on any atom is 0.0552 e. The van der Waals surface area contributed by atoms with Gasteiger partial charge in [-0.15, -0.1) is 0 Å². The third-order valence-corrected chi connectivity index (χ3v) is 3.63. The zero-order chi connectivity index (χ0) is 13.1. The van der Waals surface area contributed by atoms with Gasteiger partial charge in [0.1, 0.15) is 0 Å². The number of halogens is 1. The van der Waals surface area contributed by atoms with Crippen molar-refractivity contribution in [2.24, 2.45) is 5.73 Å². The smallest absolute Gasteiger partial charge is 0.0552 e. The standard InChI is InChI=1S/C16H18BrN/c1-3-12-4-6-13(7-5-12)16(18)14-8-11(2)9-15(17)10-14/h4-10,16H,3,18H2,1-2H3. The first-order valence-electron chi connectivity index (χ1n) is 6.21. The molecule has 0 aliphatic rings. The molecule has 18 heavy (non-hydrogen) atoms. The molecule has 1 nitrogen and oxygen atoms in total. The Morgan fingerprint density at radius 3 is 2.28 bits per heavy atom. The Kier molecular flexibility index (Phi) is 4.20. The lowest BCUT2D eigenvalue weighted by Crippen LogP contribution is -2.12. The summed E-state index contributed by atoms with van der Waals surface area (Å²) < 4.78 is 1.08. The number of nitrogens with two attached hydrogens (primary N) is 1. The summed E-state index contributed by atoms with van der Waals surface area (Å²) in [5.41, 5.74) is 11.2. The molecule has 1 atom stereocenters. The second-order valence-electron chi connectivity index (χ2n) is 4.63. The van der Waals surface area contributed by atoms with Gasteiger partial charge in [0, 0.05) is 4.47 Å². The lowest BCUT2D eigenvalue weighted by molar-refractivity contribution is 0.867. The van der Waals surface area contributed by atoms with Crippen LogP contribution in [0.3, 0.4) is 0 Å². The highest BCUT2D eigenvalue weighted by Crippen LogP contribution is 2.24. The molecule has 0 fully saturated rings. The average molecular weight is 304 g/mol. The van der Waals surface area contributed by atoms with Crippen molar-refractivity contribution in [1.82, 2.24) is 0 Å². The van der Waals surface area contributed by atoms with Gasteiger partial charge in [0.05, 0.1) is 6.04 Å². The molecule has 0 heterocycles. The van der Waals surface area contributed by atoms with Gasteiger partial charge in [-0.1, -0.05) is 53.2 Å². The van der Waals surface area contributed by atoms with Gasteiger partial charge in [0.2, 0.25) is 0 Å². The van der Waals surface area contributed by atoms with E-state index in [0.29, 0.717) is 0 Å². The first-order chi connectivity index (χ1) is 8.60. The summed E-state index contributed by atoms with van der Waals surface area (Å²) in [4.78, 5) is 0. The van der Waals surface area contributed by atoms with Gasteiger partial charge in [0.25, 0.3) is 0 Å². The van der Waals surface area contributed by atoms with Crippen molar-refractivity contribution in [1.29, 1.82) is 0 Å². The average Bonchev–Trinajstić information content (AvgIpc) is 2.37. The van der Waals surface area contributed by atoms with Crippen molar-refractivity contribution < 1.29 is 0 Å². The van der Waals surface area contributed by atoms with E-state index < -0.39 is 0 Å². The minimum Gasteiger partial charge on any atom is -0.320 e. The van der Waals surface area contributed by atoms with E-state index in [1.54, 1.807) is 0 Å². The lowest BCUT2D eigenvalue weighted by Gasteiger charge is -2.14. The predicted molar refractivity (Wildman–Crippen MR) is 80.7 cm³/mol. The third kappa shape index (κ3) is 3.01. The number of hydrogen-bond donors (Lipinski definition) is 1. The molecule has 2 N–H and O–H groups in total. The molecule has 2 rings (SSSR count). The van der Waals surface area contributed by atoms with E-state index in [1.165, 1.54) is 11.1 Å². The molecule has 2 heteroatoms. The summed E-state index contributed by atoms with van der Waals surface area (Å²) in [6.45, 7) is 4.24. The minimum absolute atomic E-state index is 0.0629. The summed E-state index contributed by atoms with van der Waals surface area (Å²) in [6, 6.07) is 14.8. The van der Waals surface area contributed by atoms with E-state index >= 15 is 0 Å². The Balaban J connectivity index is 2.31. The normalized spacial score (nSPS) is 12.4. The van der Waals surface area contributed by atoms with Crippen LogP contribution in [0.15, 0.2) is 46.9 Å². The molecule has 0 amide bonds. The maximum atomic E-state index is 6.32. The molecular formula is C16H18BrN. The van der Waals surface area contributed by atoms with E-state index in [0.717, 1.165) is 22.0 Å². The fourth-order valence-electron chi connectivity index (χ4n) is 2.10. The summed E-state index contributed by atoms with van der Waals surface area (Å²) in [5, 5.41) is 0. The first-order valence-corrected chi connectivity index (χ1v) is 7.01. The van der Waals surface area contributed by atoms with E-state index in [9.17, 15) is 0 Å². The Morgan fingerprint density at radius 1 is 1.06 bits per heavy atom. The molecule has 1 unspecified atom stereocenters. The molecule has 0 aromatic heterocycles. The highest BCUT2D eigenvalue weighted by Gasteiger charge is 2.09. The molecule has 2 aromatic rings. The van der Waals surface area contributed by atoms with Crippen LogP contribution in [-0.4, -0.2) is 0 Å². The molecule has 0 spiro atoms. The van der Waals surface area contributed by atoms with Gasteiger partial charge < -0.3 is 5.73 Å². The zero-order valence-electron chi connectivity index (χ0n) is 10.8. The zero-order valence-corrected chi connectivity index (χ0v) is 12.4. The van der Waals surface area contributed by atoms with Crippen LogP contribution in [0.4, 0.5) is 0 Å². The van der Waals surface area contributed by atoms with Crippen LogP contribution in [0.5, 0.6) is 0 Å². The SMILES string of the molecule is CCc1ccc(C(N)c2cc(C)cc(Br)c2)cc1. The Bertz CT molecular complexity index is 511. The fraction of sp³-hybridized carbons (Fsp3) is 0.250. The van der Waals surface area contributed by atoms with Crippen LogP contribution >= 0.6 is 15.9 Å². The van der Waals surface area contributed by atoms with Crippen LogP contribution in [0.25, 0.3) is 0 Å². The summed E-state index contributed by atoms with van der Waals surface area (Å²) in [5.74, 6) is 0. The van der Waals surface area contributed by atoms with Gasteiger partial charge in [-0.3, -0.25) is 0 Å². The molecular weight excluding hydrogens is 286 g/mol. The van der Waals surface area contributed by atoms with E-state index in [-0.39, 0.29) is 6.04 Å². The van der Waals surface area contributed by atoms with Crippen molar-refractivity contribution in [3.63, 3.8) is 0 Å². The van der Waals surface area contributed by atoms with Gasteiger partial charge in [-0.05, 0) is 47.7 Å². The number of hydrogen-bond acceptors (Lipinski definition) is 1. The van der Waals surface area contributed by atoms with E-state index in [4.69, 9.17) is 5.73 Å². The highest BCUT2D eigenvalue weighted by atomic mass is 79.9. The molecule has 94 valence electrons. The highest BCUT2D eigenvalue weighted by molar-refractivity contribution is 9.10. The number of benzene rings is 2. The Morgan fingerprint density at radius 2 is 1.72 bits per heavy atom. The Labute approximate surface area is 117 Å². The van der Waals surface area contributed by atoms with Crippen LogP contribution < -0.4 is 5.73 Å². The van der Waals surface area contributed by atoms with Crippen LogP contribution in [-0.2, 0) is 6.42 Å². The molecule has 0 aliphatic heterocycles. The summed E-state index contributed by atoms with van der Waals surface area (Å²) >= 11 is 3.52. The molecule has 0 saturated carbocycles. The van der Waals surface area contributed by atoms with Crippen LogP contribution in [0, 0.1) is 6.92 Å². The lowest BCUT2D eigenvalue weighted by atomic mass is 9.97. The van der Waals surface area contributed by atoms with Crippen molar-refractivity contribution in [2.75, 3.05) is 0 Å². The monoisotopic (exact) mass is 303 g/mol. The van der Waals surface area contributed by atoms with Crippen LogP contribution in [0.2, 0.25) is 0 Å². The van der Waals surface area contributed by atoms with E-state index in [1.807, 2.05) is 0 Å². The molecule has 0 radical (unpaired) electrons. The number of aryl methyl sites for hydroxylation is 2. The van der Waals surface area contributed by atoms with Gasteiger partial charge in [-0.2, -0.15) is 0 Å². The maximum absolute atomic E-state index is 6.32. The predicted octanol–water partition coefficient (Wildman–Crippen LogP) is 4.37. The van der Waals surface area contributed by atoms with E-state index in [2.05, 4.69) is 72.2 Å². The first kappa shape index (κ1) is 13.3. The molecule has 0 aliphatic carbocycles. The molecule has 0 bridgehead atoms. The van der Waals surface area contributed by atoms with Crippen molar-refractivity contribution >= 4 is 15.9 Å². The largest absolute Gasteiger partial charge is 0.320 e. The quantitative estimate of drug-likeness (QED) is 0.895. The van der Waals surface area contributed by atoms with Crippen molar-refractivity contribution in [3.05, 3.63) is 69.2 Å². The van der Waals surface area contributed by atoms with Gasteiger partial charge in [-0.25, -0.2) is 0 Å². The molecule has 0 saturated heterocycles. The van der Waals surface area contributed by atoms with Crippen LogP contribution in [0.1, 0.15) is 35.2 Å². The molecule has 2 aromatic carbocycles. The summed E-state index contributed by atoms with van der Waals surface area (Å²) in [6.07, 6.45) is 1.06. The number of rotatable bonds is 3. The summed E-state index contributed by atoms with van der Waals surface area (Å²) in [7, 11) is 0. The second-order valence-corrected chi connectivity index (χ2v) is 5.55. The minimum atomic E-state index is -0.0629. The van der Waals surface area contributed by atoms with Crippen molar-refractivity contribution in [3.8, 4) is 0 Å². The fourth-order valence-corrected chi connectivity index (χ4v) is 2.72. The topological polar surface area (TPSA) is 26.0 Å².